The topological polar surface area (TPSA) is 44.9 Å². The average Bonchev–Trinajstić information content (AvgIpc) is 2.73. The largest absolute Gasteiger partial charge is 0.507 e. The number of allylic oxidation sites excluding steroid dienone is 3. The summed E-state index contributed by atoms with van der Waals surface area (Å²) in [4.78, 5) is 1.68. The van der Waals surface area contributed by atoms with E-state index in [4.69, 9.17) is 0 Å². The first-order valence-electron chi connectivity index (χ1n) is 12.4. The monoisotopic (exact) mass is 430 g/mol. The number of benzene rings is 1. The summed E-state index contributed by atoms with van der Waals surface area (Å²) >= 11 is 0. The number of unbranched alkanes of at least 4 members (excludes halogenated alkanes) is 2. The molecular weight excluding hydrogens is 382 g/mol. The van der Waals surface area contributed by atoms with Gasteiger partial charge in [0, 0.05) is 11.5 Å². The van der Waals surface area contributed by atoms with E-state index in [1.165, 1.54) is 38.0 Å². The molecule has 0 aliphatic heterocycles. The van der Waals surface area contributed by atoms with Crippen molar-refractivity contribution < 1.29 is 15.1 Å². The molecule has 1 aromatic carbocycles. The summed E-state index contributed by atoms with van der Waals surface area (Å²) in [7, 11) is 0. The van der Waals surface area contributed by atoms with Crippen LogP contribution in [0.2, 0.25) is 0 Å². The molecule has 3 nitrogen and oxygen atoms in total. The lowest BCUT2D eigenvalue weighted by Crippen LogP contribution is -3.11. The molecule has 1 aliphatic carbocycles. The molecule has 176 valence electrons. The average molecular weight is 431 g/mol. The van der Waals surface area contributed by atoms with Gasteiger partial charge in [-0.15, -0.1) is 0 Å². The van der Waals surface area contributed by atoms with Crippen molar-refractivity contribution in [1.29, 1.82) is 0 Å². The molecule has 1 aliphatic rings. The van der Waals surface area contributed by atoms with Crippen molar-refractivity contribution in [3.8, 4) is 11.5 Å². The van der Waals surface area contributed by atoms with E-state index < -0.39 is 0 Å². The lowest BCUT2D eigenvalue weighted by atomic mass is 9.73. The highest BCUT2D eigenvalue weighted by molar-refractivity contribution is 5.56. The van der Waals surface area contributed by atoms with Crippen LogP contribution in [0.4, 0.5) is 0 Å². The highest BCUT2D eigenvalue weighted by atomic mass is 16.3. The number of phenols is 2. The minimum absolute atomic E-state index is 0.0136. The molecule has 3 N–H and O–H groups in total. The van der Waals surface area contributed by atoms with Crippen LogP contribution >= 0.6 is 0 Å². The Labute approximate surface area is 191 Å². The van der Waals surface area contributed by atoms with E-state index in [-0.39, 0.29) is 23.3 Å². The highest BCUT2D eigenvalue weighted by Gasteiger charge is 2.31. The molecular formula is C28H48NO2+. The molecule has 0 fully saturated rings. The maximum Gasteiger partial charge on any atom is 0.126 e. The Balaban J connectivity index is 0.000000592. The van der Waals surface area contributed by atoms with Gasteiger partial charge in [-0.1, -0.05) is 43.6 Å². The van der Waals surface area contributed by atoms with Crippen molar-refractivity contribution in [1.82, 2.24) is 0 Å². The SMILES string of the molecule is C=C(C)[C@@H]1CCC(C)=C[C@H]1c1c(O)cc(CCCCC)c(C)c1O.CC[NH+](CC)CC. The van der Waals surface area contributed by atoms with Gasteiger partial charge in [0.25, 0.3) is 0 Å². The second-order valence-corrected chi connectivity index (χ2v) is 9.24. The van der Waals surface area contributed by atoms with Crippen molar-refractivity contribution in [3.63, 3.8) is 0 Å². The number of rotatable bonds is 9. The van der Waals surface area contributed by atoms with Crippen LogP contribution in [0.15, 0.2) is 29.9 Å². The van der Waals surface area contributed by atoms with Gasteiger partial charge in [-0.2, -0.15) is 0 Å². The van der Waals surface area contributed by atoms with Gasteiger partial charge in [0.05, 0.1) is 19.6 Å². The predicted molar refractivity (Wildman–Crippen MR) is 134 cm³/mol. The van der Waals surface area contributed by atoms with Crippen molar-refractivity contribution in [3.05, 3.63) is 46.6 Å². The zero-order valence-electron chi connectivity index (χ0n) is 21.3. The number of hydrogen-bond donors (Lipinski definition) is 3. The number of phenolic OH excluding ortho intramolecular Hbond substituents is 2. The molecule has 0 bridgehead atoms. The molecule has 0 saturated heterocycles. The Bertz CT molecular complexity index is 726. The number of aryl methyl sites for hydroxylation is 1. The number of nitrogens with one attached hydrogen (secondary N) is 1. The van der Waals surface area contributed by atoms with E-state index >= 15 is 0 Å². The number of hydrogen-bond acceptors (Lipinski definition) is 2. The fraction of sp³-hybridized carbons (Fsp3) is 0.643. The van der Waals surface area contributed by atoms with E-state index in [2.05, 4.69) is 47.3 Å². The van der Waals surface area contributed by atoms with Gasteiger partial charge < -0.3 is 15.1 Å². The summed E-state index contributed by atoms with van der Waals surface area (Å²) in [6, 6.07) is 1.87. The van der Waals surface area contributed by atoms with Crippen LogP contribution < -0.4 is 4.90 Å². The third-order valence-electron chi connectivity index (χ3n) is 6.94. The minimum Gasteiger partial charge on any atom is -0.507 e. The van der Waals surface area contributed by atoms with Gasteiger partial charge >= 0.3 is 0 Å². The zero-order valence-corrected chi connectivity index (χ0v) is 21.3. The Morgan fingerprint density at radius 2 is 1.68 bits per heavy atom. The van der Waals surface area contributed by atoms with Gasteiger partial charge in [-0.05, 0) is 90.3 Å². The molecule has 0 heterocycles. The Hall–Kier alpha value is -1.74. The molecule has 3 heteroatoms. The normalized spacial score (nSPS) is 18.4. The van der Waals surface area contributed by atoms with E-state index in [9.17, 15) is 10.2 Å². The predicted octanol–water partition coefficient (Wildman–Crippen LogP) is 6.09. The van der Waals surface area contributed by atoms with Crippen molar-refractivity contribution in [2.45, 2.75) is 92.9 Å². The standard InChI is InChI=1S/C22H32O2.C6H15N/c1-6-7-8-9-17-13-20(23)21(22(24)16(17)5)19-12-15(4)10-11-18(19)14(2)3;1-4-7(5-2)6-3/h12-13,18-19,23-24H,2,6-11H2,1,3-5H3;4-6H2,1-3H3/p+1/t18-,19+;/m0./s1. The van der Waals surface area contributed by atoms with Crippen LogP contribution in [0.5, 0.6) is 11.5 Å². The smallest absolute Gasteiger partial charge is 0.126 e. The summed E-state index contributed by atoms with van der Waals surface area (Å²) in [5, 5.41) is 21.5. The maximum absolute atomic E-state index is 10.8. The molecule has 0 amide bonds. The third kappa shape index (κ3) is 7.71. The lowest BCUT2D eigenvalue weighted by molar-refractivity contribution is -0.894. The Morgan fingerprint density at radius 1 is 1.06 bits per heavy atom. The van der Waals surface area contributed by atoms with E-state index in [1.54, 1.807) is 4.90 Å². The van der Waals surface area contributed by atoms with Crippen LogP contribution in [0, 0.1) is 12.8 Å². The Morgan fingerprint density at radius 3 is 2.16 bits per heavy atom. The summed E-state index contributed by atoms with van der Waals surface area (Å²) < 4.78 is 0. The van der Waals surface area contributed by atoms with Crippen LogP contribution in [0.25, 0.3) is 0 Å². The highest BCUT2D eigenvalue weighted by Crippen LogP contribution is 2.47. The first kappa shape index (κ1) is 27.3. The summed E-state index contributed by atoms with van der Waals surface area (Å²) in [5.41, 5.74) is 5.09. The fourth-order valence-corrected chi connectivity index (χ4v) is 4.64. The molecule has 0 aromatic heterocycles. The fourth-order valence-electron chi connectivity index (χ4n) is 4.64. The van der Waals surface area contributed by atoms with Gasteiger partial charge in [0.15, 0.2) is 0 Å². The molecule has 0 saturated carbocycles. The lowest BCUT2D eigenvalue weighted by Gasteiger charge is -2.32. The summed E-state index contributed by atoms with van der Waals surface area (Å²) in [6.45, 7) is 22.9. The van der Waals surface area contributed by atoms with E-state index in [0.29, 0.717) is 5.56 Å². The first-order valence-corrected chi connectivity index (χ1v) is 12.4. The molecule has 0 spiro atoms. The van der Waals surface area contributed by atoms with E-state index in [1.807, 2.05) is 19.9 Å². The molecule has 0 radical (unpaired) electrons. The van der Waals surface area contributed by atoms with Crippen molar-refractivity contribution in [2.75, 3.05) is 19.6 Å². The van der Waals surface area contributed by atoms with Gasteiger partial charge in [0.1, 0.15) is 11.5 Å². The number of quaternary nitrogens is 1. The van der Waals surface area contributed by atoms with Crippen LogP contribution in [0.3, 0.4) is 0 Å². The van der Waals surface area contributed by atoms with Crippen LogP contribution in [-0.2, 0) is 6.42 Å². The van der Waals surface area contributed by atoms with Crippen LogP contribution in [-0.4, -0.2) is 29.8 Å². The van der Waals surface area contributed by atoms with Crippen molar-refractivity contribution in [2.24, 2.45) is 5.92 Å². The van der Waals surface area contributed by atoms with Crippen molar-refractivity contribution >= 4 is 0 Å². The Kier molecular flexibility index (Phi) is 12.0. The first-order chi connectivity index (χ1) is 14.7. The second-order valence-electron chi connectivity index (χ2n) is 9.24. The molecule has 2 atom stereocenters. The second kappa shape index (κ2) is 13.6. The molecule has 2 rings (SSSR count). The third-order valence-corrected chi connectivity index (χ3v) is 6.94. The molecule has 0 unspecified atom stereocenters. The van der Waals surface area contributed by atoms with E-state index in [0.717, 1.165) is 42.4 Å². The summed E-state index contributed by atoms with van der Waals surface area (Å²) in [6.07, 6.45) is 8.62. The number of aromatic hydroxyl groups is 2. The maximum atomic E-state index is 10.8. The molecule has 1 aromatic rings. The quantitative estimate of drug-likeness (QED) is 0.328. The van der Waals surface area contributed by atoms with Gasteiger partial charge in [-0.25, -0.2) is 0 Å². The summed E-state index contributed by atoms with van der Waals surface area (Å²) in [5.74, 6) is 0.783. The zero-order chi connectivity index (χ0) is 23.6. The minimum atomic E-state index is 0.0136. The van der Waals surface area contributed by atoms with Gasteiger partial charge in [-0.3, -0.25) is 0 Å². The molecule has 31 heavy (non-hydrogen) atoms. The van der Waals surface area contributed by atoms with Crippen LogP contribution in [0.1, 0.15) is 96.3 Å². The van der Waals surface area contributed by atoms with Gasteiger partial charge in [0.2, 0.25) is 0 Å².